The van der Waals surface area contributed by atoms with Crippen LogP contribution in [-0.4, -0.2) is 23.2 Å². The van der Waals surface area contributed by atoms with Gasteiger partial charge in [0.25, 0.3) is 0 Å². The molecule has 3 N–H and O–H groups in total. The zero-order valence-electron chi connectivity index (χ0n) is 17.4. The first-order chi connectivity index (χ1) is 14.7. The van der Waals surface area contributed by atoms with Gasteiger partial charge in [-0.2, -0.15) is 8.42 Å². The van der Waals surface area contributed by atoms with Crippen LogP contribution >= 0.6 is 0 Å². The van der Waals surface area contributed by atoms with E-state index in [9.17, 15) is 23.4 Å². The Hall–Kier alpha value is -2.78. The number of hydrogen-bond acceptors (Lipinski definition) is 7. The number of unbranched alkanes of at least 4 members (excludes halogenated alkanes) is 4. The van der Waals surface area contributed by atoms with Gasteiger partial charge in [0.05, 0.1) is 5.56 Å². The lowest BCUT2D eigenvalue weighted by atomic mass is 10.1. The van der Waals surface area contributed by atoms with Gasteiger partial charge in [-0.15, -0.1) is 0 Å². The van der Waals surface area contributed by atoms with Gasteiger partial charge in [0, 0.05) is 18.1 Å². The highest BCUT2D eigenvalue weighted by atomic mass is 32.3. The third-order valence-corrected chi connectivity index (χ3v) is 5.04. The summed E-state index contributed by atoms with van der Waals surface area (Å²) in [6, 6.07) is 5.44. The molecule has 31 heavy (non-hydrogen) atoms. The number of aryl methyl sites for hydroxylation is 1. The summed E-state index contributed by atoms with van der Waals surface area (Å²) in [4.78, 5) is 12.4. The van der Waals surface area contributed by atoms with Gasteiger partial charge in [-0.3, -0.25) is 4.55 Å². The summed E-state index contributed by atoms with van der Waals surface area (Å²) < 4.78 is 41.4. The van der Waals surface area contributed by atoms with E-state index >= 15 is 0 Å². The molecule has 0 fully saturated rings. The highest BCUT2D eigenvalue weighted by Gasteiger charge is 2.18. The Morgan fingerprint density at radius 2 is 1.81 bits per heavy atom. The summed E-state index contributed by atoms with van der Waals surface area (Å²) in [6.07, 6.45) is 8.97. The average molecular weight is 453 g/mol. The Morgan fingerprint density at radius 1 is 1.06 bits per heavy atom. The lowest BCUT2D eigenvalue weighted by molar-refractivity contribution is 0.376. The number of aromatic hydroxyl groups is 2. The van der Waals surface area contributed by atoms with Crippen molar-refractivity contribution in [2.24, 2.45) is 0 Å². The Morgan fingerprint density at radius 3 is 2.52 bits per heavy atom. The molecule has 0 saturated heterocycles. The molecule has 2 aromatic rings. The number of allylic oxidation sites excluding steroid dienone is 1. The van der Waals surface area contributed by atoms with Crippen LogP contribution in [0.15, 0.2) is 39.6 Å². The van der Waals surface area contributed by atoms with Crippen LogP contribution in [0.2, 0.25) is 0 Å². The maximum absolute atomic E-state index is 12.4. The second-order valence-corrected chi connectivity index (χ2v) is 8.22. The number of phenolic OH excluding ortho intramolecular Hbond substituents is 2. The van der Waals surface area contributed by atoms with Crippen LogP contribution in [0.3, 0.4) is 0 Å². The first-order valence-electron chi connectivity index (χ1n) is 10.2. The molecule has 0 saturated carbocycles. The maximum atomic E-state index is 12.4. The lowest BCUT2D eigenvalue weighted by Gasteiger charge is -2.09. The Bertz CT molecular complexity index is 1050. The smallest absolute Gasteiger partial charge is 0.446 e. The van der Waals surface area contributed by atoms with Crippen LogP contribution in [-0.2, 0) is 23.2 Å². The van der Waals surface area contributed by atoms with E-state index in [0.717, 1.165) is 25.7 Å². The average Bonchev–Trinajstić information content (AvgIpc) is 2.68. The van der Waals surface area contributed by atoms with Crippen molar-refractivity contribution in [3.8, 4) is 17.2 Å². The van der Waals surface area contributed by atoms with Crippen LogP contribution in [0, 0.1) is 0 Å². The molecule has 9 heteroatoms. The highest BCUT2D eigenvalue weighted by Crippen LogP contribution is 2.24. The van der Waals surface area contributed by atoms with Gasteiger partial charge in [-0.25, -0.2) is 4.79 Å². The van der Waals surface area contributed by atoms with Gasteiger partial charge in [0.2, 0.25) is 0 Å². The summed E-state index contributed by atoms with van der Waals surface area (Å²) in [6.45, 7) is 2.09. The minimum Gasteiger partial charge on any atom is -0.508 e. The van der Waals surface area contributed by atoms with Crippen molar-refractivity contribution >= 4 is 16.5 Å². The molecule has 0 amide bonds. The summed E-state index contributed by atoms with van der Waals surface area (Å²) in [7, 11) is -4.79. The van der Waals surface area contributed by atoms with Crippen LogP contribution in [0.1, 0.15) is 62.3 Å². The molecule has 0 aliphatic rings. The molecule has 0 bridgehead atoms. The highest BCUT2D eigenvalue weighted by molar-refractivity contribution is 7.81. The van der Waals surface area contributed by atoms with Crippen molar-refractivity contribution in [1.82, 2.24) is 0 Å². The van der Waals surface area contributed by atoms with Crippen molar-refractivity contribution in [3.05, 3.63) is 57.6 Å². The van der Waals surface area contributed by atoms with Crippen molar-refractivity contribution in [1.29, 1.82) is 0 Å². The first kappa shape index (κ1) is 24.5. The summed E-state index contributed by atoms with van der Waals surface area (Å²) in [5.41, 5.74) is -0.186. The van der Waals surface area contributed by atoms with Gasteiger partial charge in [0.1, 0.15) is 17.3 Å². The fourth-order valence-electron chi connectivity index (χ4n) is 3.10. The van der Waals surface area contributed by atoms with E-state index in [4.69, 9.17) is 8.97 Å². The molecule has 0 atom stereocenters. The fourth-order valence-corrected chi connectivity index (χ4v) is 3.47. The normalized spacial score (nSPS) is 11.8. The van der Waals surface area contributed by atoms with Crippen molar-refractivity contribution in [3.63, 3.8) is 0 Å². The molecule has 0 unspecified atom stereocenters. The number of benzene rings is 1. The molecule has 170 valence electrons. The second kappa shape index (κ2) is 11.6. The SMILES string of the molecule is CCCCCCCc1c(OS(=O)(=O)O)cc(CC/C=C/c2cc(O)ccc2O)oc1=O. The van der Waals surface area contributed by atoms with E-state index in [1.165, 1.54) is 24.3 Å². The van der Waals surface area contributed by atoms with E-state index in [2.05, 4.69) is 11.1 Å². The van der Waals surface area contributed by atoms with Gasteiger partial charge in [-0.05, 0) is 37.5 Å². The molecule has 1 aromatic heterocycles. The van der Waals surface area contributed by atoms with Crippen LogP contribution in [0.5, 0.6) is 17.2 Å². The summed E-state index contributed by atoms with van der Waals surface area (Å²) in [5.74, 6) is -0.00421. The Balaban J connectivity index is 2.11. The maximum Gasteiger partial charge on any atom is 0.446 e. The Kier molecular flexibility index (Phi) is 9.14. The molecule has 0 radical (unpaired) electrons. The second-order valence-electron chi connectivity index (χ2n) is 7.20. The Labute approximate surface area is 181 Å². The quantitative estimate of drug-likeness (QED) is 0.245. The van der Waals surface area contributed by atoms with Gasteiger partial charge in [-0.1, -0.05) is 44.8 Å². The molecular formula is C22H28O8S. The van der Waals surface area contributed by atoms with Crippen molar-refractivity contribution in [2.45, 2.75) is 58.3 Å². The summed E-state index contributed by atoms with van der Waals surface area (Å²) >= 11 is 0. The molecule has 2 rings (SSSR count). The van der Waals surface area contributed by atoms with Crippen LogP contribution < -0.4 is 9.81 Å². The minimum absolute atomic E-state index is 0.00714. The lowest BCUT2D eigenvalue weighted by Crippen LogP contribution is -2.15. The predicted molar refractivity (Wildman–Crippen MR) is 117 cm³/mol. The van der Waals surface area contributed by atoms with E-state index in [-0.39, 0.29) is 41.4 Å². The fraction of sp³-hybridized carbons (Fsp3) is 0.409. The molecular weight excluding hydrogens is 424 g/mol. The number of hydrogen-bond donors (Lipinski definition) is 3. The van der Waals surface area contributed by atoms with Crippen LogP contribution in [0.25, 0.3) is 6.08 Å². The minimum atomic E-state index is -4.79. The zero-order valence-corrected chi connectivity index (χ0v) is 18.2. The van der Waals surface area contributed by atoms with Crippen molar-refractivity contribution in [2.75, 3.05) is 0 Å². The first-order valence-corrected chi connectivity index (χ1v) is 11.6. The van der Waals surface area contributed by atoms with E-state index in [1.54, 1.807) is 12.2 Å². The van der Waals surface area contributed by atoms with Gasteiger partial charge < -0.3 is 18.8 Å². The molecule has 0 aliphatic carbocycles. The standard InChI is InChI=1S/C22H28O8S/c1-2-3-4-5-6-11-19-21(30-31(26,27)28)15-18(29-22(19)25)10-8-7-9-16-14-17(23)12-13-20(16)24/h7,9,12-15,23-24H,2-6,8,10-11H2,1H3,(H,26,27,28)/b9-7+. The van der Waals surface area contributed by atoms with E-state index < -0.39 is 16.0 Å². The molecule has 8 nitrogen and oxygen atoms in total. The molecule has 0 spiro atoms. The predicted octanol–water partition coefficient (Wildman–Crippen LogP) is 4.39. The summed E-state index contributed by atoms with van der Waals surface area (Å²) in [5, 5.41) is 19.2. The van der Waals surface area contributed by atoms with Crippen molar-refractivity contribution < 1.29 is 31.8 Å². The van der Waals surface area contributed by atoms with E-state index in [0.29, 0.717) is 18.4 Å². The van der Waals surface area contributed by atoms with Gasteiger partial charge >= 0.3 is 16.0 Å². The van der Waals surface area contributed by atoms with Gasteiger partial charge in [0.15, 0.2) is 5.75 Å². The topological polar surface area (TPSA) is 134 Å². The number of phenols is 2. The zero-order chi connectivity index (χ0) is 22.9. The molecule has 1 heterocycles. The third-order valence-electron chi connectivity index (χ3n) is 4.65. The largest absolute Gasteiger partial charge is 0.508 e. The monoisotopic (exact) mass is 452 g/mol. The molecule has 0 aliphatic heterocycles. The molecule has 1 aromatic carbocycles. The number of rotatable bonds is 12. The van der Waals surface area contributed by atoms with Crippen LogP contribution in [0.4, 0.5) is 0 Å². The van der Waals surface area contributed by atoms with E-state index in [1.807, 2.05) is 0 Å². The third kappa shape index (κ3) is 8.47.